The van der Waals surface area contributed by atoms with Gasteiger partial charge in [0.1, 0.15) is 17.8 Å². The molecule has 3 heterocycles. The van der Waals surface area contributed by atoms with Gasteiger partial charge in [-0.1, -0.05) is 17.3 Å². The van der Waals surface area contributed by atoms with E-state index in [-0.39, 0.29) is 29.1 Å². The Morgan fingerprint density at radius 3 is 2.62 bits per heavy atom. The number of halogens is 3. The van der Waals surface area contributed by atoms with Crippen LogP contribution in [-0.4, -0.2) is 43.2 Å². The summed E-state index contributed by atoms with van der Waals surface area (Å²) in [6, 6.07) is 8.47. The van der Waals surface area contributed by atoms with E-state index in [1.165, 1.54) is 26.6 Å². The highest BCUT2D eigenvalue weighted by atomic mass is 19.4. The quantitative estimate of drug-likeness (QED) is 0.478. The van der Waals surface area contributed by atoms with Crippen LogP contribution in [0.25, 0.3) is 33.8 Å². The van der Waals surface area contributed by atoms with E-state index in [9.17, 15) is 18.3 Å². The molecule has 11 heteroatoms. The van der Waals surface area contributed by atoms with Crippen molar-refractivity contribution in [2.75, 3.05) is 7.11 Å². The number of ether oxygens (including phenoxy) is 1. The summed E-state index contributed by atoms with van der Waals surface area (Å²) < 4.78 is 53.6. The first-order chi connectivity index (χ1) is 15.3. The second kappa shape index (κ2) is 8.42. The van der Waals surface area contributed by atoms with Crippen LogP contribution in [0.2, 0.25) is 0 Å². The third-order valence-corrected chi connectivity index (χ3v) is 4.68. The summed E-state index contributed by atoms with van der Waals surface area (Å²) in [6.07, 6.45) is -2.01. The minimum absolute atomic E-state index is 0.159. The Hall–Kier alpha value is -3.73. The molecule has 0 saturated heterocycles. The number of para-hydroxylation sites is 1. The number of methoxy groups -OCH3 is 1. The normalized spacial score (nSPS) is 12.7. The predicted molar refractivity (Wildman–Crippen MR) is 107 cm³/mol. The van der Waals surface area contributed by atoms with E-state index in [0.717, 1.165) is 6.20 Å². The lowest BCUT2D eigenvalue weighted by atomic mass is 9.99. The maximum Gasteiger partial charge on any atom is 0.433 e. The Morgan fingerprint density at radius 1 is 1.19 bits per heavy atom. The predicted octanol–water partition coefficient (Wildman–Crippen LogP) is 4.07. The summed E-state index contributed by atoms with van der Waals surface area (Å²) in [7, 11) is 1.48. The smallest absolute Gasteiger partial charge is 0.433 e. The number of hydrogen-bond donors (Lipinski definition) is 1. The molecule has 166 valence electrons. The summed E-state index contributed by atoms with van der Waals surface area (Å²) in [5.41, 5.74) is -0.0551. The first-order valence-electron chi connectivity index (χ1n) is 9.52. The summed E-state index contributed by atoms with van der Waals surface area (Å²) >= 11 is 0. The van der Waals surface area contributed by atoms with Gasteiger partial charge < -0.3 is 14.4 Å². The van der Waals surface area contributed by atoms with Crippen molar-refractivity contribution in [2.24, 2.45) is 0 Å². The number of aliphatic hydroxyl groups is 1. The lowest BCUT2D eigenvalue weighted by Gasteiger charge is -2.13. The summed E-state index contributed by atoms with van der Waals surface area (Å²) in [6.45, 7) is 1.03. The van der Waals surface area contributed by atoms with Crippen LogP contribution >= 0.6 is 0 Å². The topological polar surface area (TPSA) is 99.1 Å². The molecule has 0 aliphatic rings. The molecule has 8 nitrogen and oxygen atoms in total. The average Bonchev–Trinajstić information content (AvgIpc) is 3.38. The maximum atomic E-state index is 14.0. The third kappa shape index (κ3) is 3.94. The van der Waals surface area contributed by atoms with Crippen LogP contribution in [0.4, 0.5) is 13.2 Å². The molecule has 4 rings (SSSR count). The number of hydrogen-bond acceptors (Lipinski definition) is 7. The van der Waals surface area contributed by atoms with E-state index in [1.54, 1.807) is 30.3 Å². The zero-order chi connectivity index (χ0) is 22.9. The molecule has 0 aliphatic carbocycles. The van der Waals surface area contributed by atoms with Crippen LogP contribution in [-0.2, 0) is 12.7 Å². The van der Waals surface area contributed by atoms with Crippen molar-refractivity contribution in [1.29, 1.82) is 0 Å². The number of alkyl halides is 3. The fourth-order valence-electron chi connectivity index (χ4n) is 3.41. The summed E-state index contributed by atoms with van der Waals surface area (Å²) in [5, 5.41) is 17.5. The van der Waals surface area contributed by atoms with Crippen LogP contribution in [0.15, 0.2) is 53.6 Å². The molecule has 0 saturated carbocycles. The molecule has 3 aromatic heterocycles. The monoisotopic (exact) mass is 445 g/mol. The van der Waals surface area contributed by atoms with Crippen molar-refractivity contribution in [2.45, 2.75) is 25.7 Å². The van der Waals surface area contributed by atoms with Gasteiger partial charge in [-0.15, -0.1) is 0 Å². The van der Waals surface area contributed by atoms with Gasteiger partial charge >= 0.3 is 6.18 Å². The van der Waals surface area contributed by atoms with E-state index in [1.807, 2.05) is 0 Å². The first kappa shape index (κ1) is 21.5. The zero-order valence-corrected chi connectivity index (χ0v) is 17.0. The van der Waals surface area contributed by atoms with Gasteiger partial charge in [0.25, 0.3) is 0 Å². The molecule has 0 aliphatic heterocycles. The van der Waals surface area contributed by atoms with Crippen LogP contribution < -0.4 is 4.74 Å². The van der Waals surface area contributed by atoms with Crippen molar-refractivity contribution >= 4 is 0 Å². The molecule has 1 unspecified atom stereocenters. The van der Waals surface area contributed by atoms with Gasteiger partial charge in [-0.25, -0.2) is 9.97 Å². The molecule has 1 aromatic carbocycles. The minimum Gasteiger partial charge on any atom is -0.496 e. The fraction of sp³-hybridized carbons (Fsp3) is 0.238. The van der Waals surface area contributed by atoms with Gasteiger partial charge in [0, 0.05) is 11.8 Å². The van der Waals surface area contributed by atoms with Crippen molar-refractivity contribution in [3.05, 3.63) is 54.7 Å². The number of aliphatic hydroxyl groups excluding tert-OH is 1. The van der Waals surface area contributed by atoms with Gasteiger partial charge in [-0.05, 0) is 25.1 Å². The van der Waals surface area contributed by atoms with Crippen LogP contribution in [0, 0.1) is 0 Å². The Balaban J connectivity index is 2.00. The number of nitrogens with zero attached hydrogens (tertiary/aromatic N) is 5. The van der Waals surface area contributed by atoms with Crippen molar-refractivity contribution in [1.82, 2.24) is 24.9 Å². The first-order valence-corrected chi connectivity index (χ1v) is 9.52. The second-order valence-electron chi connectivity index (χ2n) is 6.97. The molecular weight excluding hydrogens is 427 g/mol. The molecule has 0 amide bonds. The number of rotatable bonds is 6. The molecule has 0 bridgehead atoms. The van der Waals surface area contributed by atoms with Gasteiger partial charge in [-0.2, -0.15) is 18.3 Å². The van der Waals surface area contributed by atoms with Gasteiger partial charge in [0.2, 0.25) is 0 Å². The van der Waals surface area contributed by atoms with E-state index in [2.05, 4.69) is 20.2 Å². The number of benzene rings is 1. The second-order valence-corrected chi connectivity index (χ2v) is 6.97. The van der Waals surface area contributed by atoms with Crippen LogP contribution in [0.1, 0.15) is 12.6 Å². The maximum absolute atomic E-state index is 14.0. The SMILES string of the molecule is COc1ccccc1-c1noc(-c2cnn(CC(C)O)c2C(F)(F)F)c1-c1ccncn1. The minimum atomic E-state index is -4.76. The zero-order valence-electron chi connectivity index (χ0n) is 17.0. The van der Waals surface area contributed by atoms with Crippen molar-refractivity contribution in [3.63, 3.8) is 0 Å². The van der Waals surface area contributed by atoms with E-state index >= 15 is 0 Å². The Bertz CT molecular complexity index is 1220. The highest BCUT2D eigenvalue weighted by molar-refractivity contribution is 5.90. The van der Waals surface area contributed by atoms with Crippen molar-refractivity contribution in [3.8, 4) is 39.6 Å². The molecule has 1 N–H and O–H groups in total. The highest BCUT2D eigenvalue weighted by Crippen LogP contribution is 2.45. The summed E-state index contributed by atoms with van der Waals surface area (Å²) in [5.74, 6) is 0.303. The lowest BCUT2D eigenvalue weighted by Crippen LogP contribution is -2.20. The molecule has 0 radical (unpaired) electrons. The van der Waals surface area contributed by atoms with E-state index in [0.29, 0.717) is 21.7 Å². The Kier molecular flexibility index (Phi) is 5.66. The standard InChI is InChI=1S/C21H18F3N5O3/c1-12(30)10-29-20(21(22,23)24)14(9-27-29)19-17(15-7-8-25-11-26-15)18(28-32-19)13-5-3-4-6-16(13)31-2/h3-9,11-12,30H,10H2,1-2H3. The highest BCUT2D eigenvalue weighted by Gasteiger charge is 2.41. The third-order valence-electron chi connectivity index (χ3n) is 4.68. The molecule has 0 spiro atoms. The van der Waals surface area contributed by atoms with E-state index in [4.69, 9.17) is 9.26 Å². The van der Waals surface area contributed by atoms with E-state index < -0.39 is 18.0 Å². The van der Waals surface area contributed by atoms with Crippen LogP contribution in [0.3, 0.4) is 0 Å². The fourth-order valence-corrected chi connectivity index (χ4v) is 3.41. The summed E-state index contributed by atoms with van der Waals surface area (Å²) in [4.78, 5) is 8.07. The molecular formula is C21H18F3N5O3. The van der Waals surface area contributed by atoms with Gasteiger partial charge in [0.05, 0.1) is 42.8 Å². The van der Waals surface area contributed by atoms with Gasteiger partial charge in [0.15, 0.2) is 11.5 Å². The largest absolute Gasteiger partial charge is 0.496 e. The van der Waals surface area contributed by atoms with Crippen molar-refractivity contribution < 1.29 is 27.5 Å². The molecule has 4 aromatic rings. The van der Waals surface area contributed by atoms with Crippen LogP contribution in [0.5, 0.6) is 5.75 Å². The Morgan fingerprint density at radius 2 is 1.97 bits per heavy atom. The van der Waals surface area contributed by atoms with Gasteiger partial charge in [-0.3, -0.25) is 4.68 Å². The average molecular weight is 445 g/mol. The molecule has 32 heavy (non-hydrogen) atoms. The molecule has 1 atom stereocenters. The lowest BCUT2D eigenvalue weighted by molar-refractivity contribution is -0.144. The Labute approximate surface area is 180 Å². The number of aromatic nitrogens is 5. The molecule has 0 fully saturated rings.